The fourth-order valence-corrected chi connectivity index (χ4v) is 2.52. The predicted molar refractivity (Wildman–Crippen MR) is 82.0 cm³/mol. The van der Waals surface area contributed by atoms with E-state index in [1.54, 1.807) is 31.3 Å². The van der Waals surface area contributed by atoms with Crippen molar-refractivity contribution in [2.75, 3.05) is 11.9 Å². The third kappa shape index (κ3) is 3.41. The Morgan fingerprint density at radius 3 is 2.19 bits per heavy atom. The second kappa shape index (κ2) is 5.85. The van der Waals surface area contributed by atoms with Crippen LogP contribution in [0.5, 0.6) is 0 Å². The monoisotopic (exact) mass is 324 g/mol. The molecule has 0 saturated carbocycles. The number of sulfonamides is 1. The molecule has 0 saturated heterocycles. The summed E-state index contributed by atoms with van der Waals surface area (Å²) in [5.41, 5.74) is 0.907. The average Bonchev–Trinajstić information content (AvgIpc) is 2.45. The summed E-state index contributed by atoms with van der Waals surface area (Å²) in [5.74, 6) is -0.288. The Bertz CT molecular complexity index is 773. The zero-order valence-electron chi connectivity index (χ0n) is 11.2. The largest absolute Gasteiger partial charge is 0.311 e. The number of primary sulfonamides is 1. The van der Waals surface area contributed by atoms with E-state index in [1.807, 2.05) is 0 Å². The van der Waals surface area contributed by atoms with Crippen LogP contribution in [0.1, 0.15) is 10.4 Å². The van der Waals surface area contributed by atoms with Crippen molar-refractivity contribution >= 4 is 33.2 Å². The van der Waals surface area contributed by atoms with E-state index in [2.05, 4.69) is 0 Å². The van der Waals surface area contributed by atoms with Crippen molar-refractivity contribution in [2.24, 2.45) is 5.14 Å². The third-order valence-electron chi connectivity index (χ3n) is 2.96. The maximum Gasteiger partial charge on any atom is 0.259 e. The normalized spacial score (nSPS) is 11.2. The molecule has 0 aliphatic heterocycles. The van der Waals surface area contributed by atoms with E-state index < -0.39 is 10.0 Å². The van der Waals surface area contributed by atoms with Gasteiger partial charge in [-0.05, 0) is 36.4 Å². The van der Waals surface area contributed by atoms with Gasteiger partial charge in [-0.15, -0.1) is 0 Å². The summed E-state index contributed by atoms with van der Waals surface area (Å²) in [6.07, 6.45) is 0. The maximum absolute atomic E-state index is 12.3. The summed E-state index contributed by atoms with van der Waals surface area (Å²) in [6, 6.07) is 12.4. The Kier molecular flexibility index (Phi) is 4.32. The molecule has 0 spiro atoms. The van der Waals surface area contributed by atoms with Gasteiger partial charge in [0.05, 0.1) is 15.5 Å². The number of halogens is 1. The van der Waals surface area contributed by atoms with E-state index >= 15 is 0 Å². The molecule has 0 unspecified atom stereocenters. The van der Waals surface area contributed by atoms with Gasteiger partial charge in [0.1, 0.15) is 0 Å². The second-order valence-electron chi connectivity index (χ2n) is 4.38. The number of amides is 1. The van der Waals surface area contributed by atoms with E-state index in [0.717, 1.165) is 0 Å². The molecule has 0 aliphatic rings. The third-order valence-corrected chi connectivity index (χ3v) is 4.22. The average molecular weight is 325 g/mol. The van der Waals surface area contributed by atoms with E-state index in [0.29, 0.717) is 16.3 Å². The molecule has 0 atom stereocenters. The second-order valence-corrected chi connectivity index (χ2v) is 6.35. The molecule has 0 bridgehead atoms. The van der Waals surface area contributed by atoms with Gasteiger partial charge in [0.15, 0.2) is 0 Å². The van der Waals surface area contributed by atoms with Gasteiger partial charge in [-0.1, -0.05) is 23.7 Å². The van der Waals surface area contributed by atoms with E-state index in [4.69, 9.17) is 16.7 Å². The first-order valence-electron chi connectivity index (χ1n) is 5.96. The van der Waals surface area contributed by atoms with Crippen LogP contribution in [0.15, 0.2) is 53.4 Å². The number of hydrogen-bond acceptors (Lipinski definition) is 3. The van der Waals surface area contributed by atoms with E-state index in [9.17, 15) is 13.2 Å². The lowest BCUT2D eigenvalue weighted by molar-refractivity contribution is 0.0993. The number of nitrogens with zero attached hydrogens (tertiary/aromatic N) is 1. The van der Waals surface area contributed by atoms with Gasteiger partial charge < -0.3 is 4.90 Å². The molecule has 2 aromatic rings. The molecule has 0 radical (unpaired) electrons. The minimum atomic E-state index is -3.75. The fourth-order valence-electron chi connectivity index (χ4n) is 1.79. The molecule has 0 aromatic heterocycles. The fraction of sp³-hybridized carbons (Fsp3) is 0.0714. The van der Waals surface area contributed by atoms with Crippen molar-refractivity contribution in [3.63, 3.8) is 0 Å². The highest BCUT2D eigenvalue weighted by molar-refractivity contribution is 7.89. The number of carbonyl (C=O) groups excluding carboxylic acids is 1. The Labute approximate surface area is 128 Å². The lowest BCUT2D eigenvalue weighted by atomic mass is 10.2. The lowest BCUT2D eigenvalue weighted by Crippen LogP contribution is -2.26. The minimum absolute atomic E-state index is 0.00941. The Balaban J connectivity index is 2.30. The SMILES string of the molecule is CN(C(=O)c1ccccc1Cl)c1ccc(S(N)(=O)=O)cc1. The number of carbonyl (C=O) groups is 1. The number of rotatable bonds is 3. The number of nitrogens with two attached hydrogens (primary N) is 1. The van der Waals surface area contributed by atoms with Crippen LogP contribution in [-0.4, -0.2) is 21.4 Å². The van der Waals surface area contributed by atoms with Crippen molar-refractivity contribution < 1.29 is 13.2 Å². The van der Waals surface area contributed by atoms with Crippen LogP contribution in [0.4, 0.5) is 5.69 Å². The molecule has 110 valence electrons. The molecule has 2 N–H and O–H groups in total. The predicted octanol–water partition coefficient (Wildman–Crippen LogP) is 2.26. The van der Waals surface area contributed by atoms with E-state index in [-0.39, 0.29) is 10.8 Å². The van der Waals surface area contributed by atoms with Crippen molar-refractivity contribution in [2.45, 2.75) is 4.90 Å². The van der Waals surface area contributed by atoms with Gasteiger partial charge in [0.2, 0.25) is 10.0 Å². The van der Waals surface area contributed by atoms with Crippen LogP contribution in [0.25, 0.3) is 0 Å². The first-order chi connectivity index (χ1) is 9.80. The molecular formula is C14H13ClN2O3S. The highest BCUT2D eigenvalue weighted by Crippen LogP contribution is 2.21. The van der Waals surface area contributed by atoms with E-state index in [1.165, 1.54) is 29.2 Å². The zero-order valence-corrected chi connectivity index (χ0v) is 12.7. The summed E-state index contributed by atoms with van der Waals surface area (Å²) in [4.78, 5) is 13.7. The van der Waals surface area contributed by atoms with Crippen LogP contribution < -0.4 is 10.0 Å². The molecule has 0 heterocycles. The van der Waals surface area contributed by atoms with Gasteiger partial charge in [0.25, 0.3) is 5.91 Å². The topological polar surface area (TPSA) is 80.5 Å². The number of anilines is 1. The Morgan fingerprint density at radius 1 is 1.10 bits per heavy atom. The summed E-state index contributed by atoms with van der Waals surface area (Å²) in [7, 11) is -2.17. The van der Waals surface area contributed by atoms with Gasteiger partial charge >= 0.3 is 0 Å². The van der Waals surface area contributed by atoms with Crippen molar-refractivity contribution in [1.82, 2.24) is 0 Å². The standard InChI is InChI=1S/C14H13ClN2O3S/c1-17(14(18)12-4-2-3-5-13(12)15)10-6-8-11(9-7-10)21(16,19)20/h2-9H,1H3,(H2,16,19,20). The molecule has 1 amide bonds. The lowest BCUT2D eigenvalue weighted by Gasteiger charge is -2.18. The minimum Gasteiger partial charge on any atom is -0.311 e. The first-order valence-corrected chi connectivity index (χ1v) is 7.88. The summed E-state index contributed by atoms with van der Waals surface area (Å²) in [6.45, 7) is 0. The van der Waals surface area contributed by atoms with Crippen LogP contribution in [0.3, 0.4) is 0 Å². The molecule has 2 rings (SSSR count). The van der Waals surface area contributed by atoms with Gasteiger partial charge in [-0.25, -0.2) is 13.6 Å². The smallest absolute Gasteiger partial charge is 0.259 e. The Morgan fingerprint density at radius 2 is 1.67 bits per heavy atom. The number of benzene rings is 2. The Hall–Kier alpha value is -1.89. The van der Waals surface area contributed by atoms with Gasteiger partial charge in [-0.3, -0.25) is 4.79 Å². The van der Waals surface area contributed by atoms with Crippen molar-refractivity contribution in [1.29, 1.82) is 0 Å². The quantitative estimate of drug-likeness (QED) is 0.940. The summed E-state index contributed by atoms with van der Waals surface area (Å²) in [5, 5.41) is 5.38. The number of hydrogen-bond donors (Lipinski definition) is 1. The molecule has 5 nitrogen and oxygen atoms in total. The molecular weight excluding hydrogens is 312 g/mol. The molecule has 2 aromatic carbocycles. The molecule has 0 aliphatic carbocycles. The summed E-state index contributed by atoms with van der Waals surface area (Å²) < 4.78 is 22.4. The molecule has 0 fully saturated rings. The van der Waals surface area contributed by atoms with Crippen LogP contribution in [0.2, 0.25) is 5.02 Å². The van der Waals surface area contributed by atoms with Crippen LogP contribution in [0, 0.1) is 0 Å². The highest BCUT2D eigenvalue weighted by Gasteiger charge is 2.16. The van der Waals surface area contributed by atoms with Crippen molar-refractivity contribution in [3.05, 3.63) is 59.1 Å². The summed E-state index contributed by atoms with van der Waals surface area (Å²) >= 11 is 5.99. The van der Waals surface area contributed by atoms with Crippen LogP contribution in [-0.2, 0) is 10.0 Å². The molecule has 7 heteroatoms. The van der Waals surface area contributed by atoms with Gasteiger partial charge in [0, 0.05) is 12.7 Å². The highest BCUT2D eigenvalue weighted by atomic mass is 35.5. The van der Waals surface area contributed by atoms with Crippen LogP contribution >= 0.6 is 11.6 Å². The maximum atomic E-state index is 12.3. The molecule has 21 heavy (non-hydrogen) atoms. The van der Waals surface area contributed by atoms with Gasteiger partial charge in [-0.2, -0.15) is 0 Å². The first kappa shape index (κ1) is 15.5. The van der Waals surface area contributed by atoms with Crippen molar-refractivity contribution in [3.8, 4) is 0 Å². The zero-order chi connectivity index (χ0) is 15.6.